The number of hydrogen-bond acceptors (Lipinski definition) is 7. The third-order valence-corrected chi connectivity index (χ3v) is 7.50. The van der Waals surface area contributed by atoms with Gasteiger partial charge in [0.15, 0.2) is 16.7 Å². The maximum atomic E-state index is 14.1. The highest BCUT2D eigenvalue weighted by Crippen LogP contribution is 2.43. The van der Waals surface area contributed by atoms with Crippen LogP contribution in [0.25, 0.3) is 5.69 Å². The van der Waals surface area contributed by atoms with Crippen molar-refractivity contribution >= 4 is 39.3 Å². The van der Waals surface area contributed by atoms with Crippen LogP contribution in [-0.4, -0.2) is 32.8 Å². The van der Waals surface area contributed by atoms with Crippen molar-refractivity contribution in [3.8, 4) is 17.2 Å². The van der Waals surface area contributed by atoms with E-state index in [4.69, 9.17) is 21.1 Å². The molecule has 0 fully saturated rings. The Balaban J connectivity index is 1.67. The molecule has 12 heteroatoms. The fraction of sp³-hybridized carbons (Fsp3) is 0.231. The lowest BCUT2D eigenvalue weighted by molar-refractivity contribution is -0.479. The number of ether oxygens (including phenoxy) is 2. The normalized spacial score (nSPS) is 11.8. The van der Waals surface area contributed by atoms with Gasteiger partial charge < -0.3 is 9.47 Å². The van der Waals surface area contributed by atoms with E-state index in [1.165, 1.54) is 17.8 Å². The van der Waals surface area contributed by atoms with Crippen molar-refractivity contribution in [1.82, 2.24) is 14.8 Å². The number of nitrogens with zero attached hydrogens (tertiary/aromatic N) is 4. The Hall–Kier alpha value is -3.15. The molecule has 1 heterocycles. The zero-order valence-corrected chi connectivity index (χ0v) is 23.6. The Morgan fingerprint density at radius 3 is 2.58 bits per heavy atom. The van der Waals surface area contributed by atoms with Crippen LogP contribution >= 0.6 is 39.3 Å². The van der Waals surface area contributed by atoms with Gasteiger partial charge in [-0.2, -0.15) is 0 Å². The molecule has 0 saturated heterocycles. The molecule has 0 aliphatic rings. The maximum absolute atomic E-state index is 14.1. The molecule has 3 aromatic carbocycles. The van der Waals surface area contributed by atoms with E-state index in [9.17, 15) is 14.5 Å². The quantitative estimate of drug-likeness (QED) is 0.0992. The second-order valence-corrected chi connectivity index (χ2v) is 10.6. The monoisotopic (exact) mass is 620 g/mol. The van der Waals surface area contributed by atoms with Crippen LogP contribution in [0.1, 0.15) is 29.1 Å². The highest BCUT2D eigenvalue weighted by Gasteiger charge is 2.26. The van der Waals surface area contributed by atoms with E-state index >= 15 is 0 Å². The molecule has 8 nitrogen and oxygen atoms in total. The van der Waals surface area contributed by atoms with Gasteiger partial charge in [0.1, 0.15) is 23.5 Å². The van der Waals surface area contributed by atoms with Crippen LogP contribution in [0.4, 0.5) is 4.39 Å². The lowest BCUT2D eigenvalue weighted by Gasteiger charge is -2.19. The van der Waals surface area contributed by atoms with E-state index in [-0.39, 0.29) is 23.9 Å². The minimum atomic E-state index is -0.629. The summed E-state index contributed by atoms with van der Waals surface area (Å²) >= 11 is 10.8. The fourth-order valence-electron chi connectivity index (χ4n) is 3.72. The highest BCUT2D eigenvalue weighted by molar-refractivity contribution is 9.10. The van der Waals surface area contributed by atoms with E-state index in [1.54, 1.807) is 49.4 Å². The van der Waals surface area contributed by atoms with Crippen LogP contribution in [0.15, 0.2) is 70.3 Å². The average Bonchev–Trinajstić information content (AvgIpc) is 3.24. The van der Waals surface area contributed by atoms with Gasteiger partial charge in [0.2, 0.25) is 6.54 Å². The third-order valence-electron chi connectivity index (χ3n) is 5.48. The van der Waals surface area contributed by atoms with Gasteiger partial charge in [-0.1, -0.05) is 41.6 Å². The lowest BCUT2D eigenvalue weighted by Crippen LogP contribution is -2.12. The van der Waals surface area contributed by atoms with Gasteiger partial charge >= 0.3 is 0 Å². The van der Waals surface area contributed by atoms with E-state index in [2.05, 4.69) is 26.1 Å². The molecular weight excluding hydrogens is 599 g/mol. The van der Waals surface area contributed by atoms with Gasteiger partial charge in [-0.25, -0.2) is 4.39 Å². The summed E-state index contributed by atoms with van der Waals surface area (Å²) in [5.41, 5.74) is 1.81. The molecule has 0 spiro atoms. The van der Waals surface area contributed by atoms with Crippen molar-refractivity contribution < 1.29 is 18.8 Å². The third kappa shape index (κ3) is 6.64. The average molecular weight is 622 g/mol. The van der Waals surface area contributed by atoms with Crippen LogP contribution in [0.5, 0.6) is 11.5 Å². The number of halogens is 3. The van der Waals surface area contributed by atoms with Gasteiger partial charge in [-0.3, -0.25) is 14.7 Å². The Bertz CT molecular complexity index is 1440. The van der Waals surface area contributed by atoms with Gasteiger partial charge in [0.25, 0.3) is 0 Å². The molecule has 0 N–H and O–H groups in total. The molecule has 0 saturated carbocycles. The molecule has 0 radical (unpaired) electrons. The molecule has 198 valence electrons. The van der Waals surface area contributed by atoms with Crippen LogP contribution in [0.3, 0.4) is 0 Å². The Morgan fingerprint density at radius 2 is 1.89 bits per heavy atom. The first-order chi connectivity index (χ1) is 18.3. The van der Waals surface area contributed by atoms with Crippen LogP contribution in [0.2, 0.25) is 5.02 Å². The number of nitro groups is 1. The molecule has 1 atom stereocenters. The predicted octanol–water partition coefficient (Wildman–Crippen LogP) is 7.22. The molecule has 0 bridgehead atoms. The summed E-state index contributed by atoms with van der Waals surface area (Å²) in [5, 5.41) is 20.6. The highest BCUT2D eigenvalue weighted by atomic mass is 79.9. The first-order valence-electron chi connectivity index (χ1n) is 11.6. The first kappa shape index (κ1) is 27.9. The summed E-state index contributed by atoms with van der Waals surface area (Å²) in [6, 6.07) is 17.0. The molecule has 0 amide bonds. The molecule has 0 aliphatic heterocycles. The Morgan fingerprint density at radius 1 is 1.16 bits per heavy atom. The zero-order valence-electron chi connectivity index (χ0n) is 20.4. The van der Waals surface area contributed by atoms with Crippen LogP contribution in [-0.2, 0) is 6.61 Å². The number of thioether (sulfide) groups is 1. The molecule has 4 aromatic rings. The molecule has 0 unspecified atom stereocenters. The lowest BCUT2D eigenvalue weighted by atomic mass is 10.1. The Kier molecular flexibility index (Phi) is 9.24. The number of hydrogen-bond donors (Lipinski definition) is 0. The summed E-state index contributed by atoms with van der Waals surface area (Å²) in [6.07, 6.45) is 0. The molecular formula is C26H23BrClFN4O4S. The minimum Gasteiger partial charge on any atom is -0.490 e. The molecule has 0 aliphatic carbocycles. The largest absolute Gasteiger partial charge is 0.490 e. The van der Waals surface area contributed by atoms with Crippen molar-refractivity contribution in [2.24, 2.45) is 0 Å². The van der Waals surface area contributed by atoms with Crippen LogP contribution < -0.4 is 9.47 Å². The van der Waals surface area contributed by atoms with Crippen molar-refractivity contribution in [3.63, 3.8) is 0 Å². The maximum Gasteiger partial charge on any atom is 0.220 e. The first-order valence-corrected chi connectivity index (χ1v) is 13.6. The second-order valence-electron chi connectivity index (χ2n) is 8.11. The standard InChI is InChI=1S/C26H23BrClFN4O4S/c1-3-36-23-13-18(12-21(27)25(23)37-15-17-6-4-5-7-22(17)29)24(14-32(34)35)38-26-31-30-16(2)33(26)20-10-8-19(28)9-11-20/h4-13,24H,3,14-15H2,1-2H3/t24-/m0/s1. The van der Waals surface area contributed by atoms with Crippen molar-refractivity contribution in [2.45, 2.75) is 30.9 Å². The van der Waals surface area contributed by atoms with E-state index < -0.39 is 5.25 Å². The van der Waals surface area contributed by atoms with E-state index in [0.717, 1.165) is 5.69 Å². The number of rotatable bonds is 11. The smallest absolute Gasteiger partial charge is 0.220 e. The van der Waals surface area contributed by atoms with Gasteiger partial charge in [0.05, 0.1) is 11.1 Å². The zero-order chi connectivity index (χ0) is 27.2. The number of aromatic nitrogens is 3. The summed E-state index contributed by atoms with van der Waals surface area (Å²) in [6.45, 7) is 3.58. The number of aryl methyl sites for hydroxylation is 1. The summed E-state index contributed by atoms with van der Waals surface area (Å²) < 4.78 is 28.2. The predicted molar refractivity (Wildman–Crippen MR) is 148 cm³/mol. The van der Waals surface area contributed by atoms with E-state index in [1.807, 2.05) is 23.6 Å². The van der Waals surface area contributed by atoms with Gasteiger partial charge in [-0.15, -0.1) is 10.2 Å². The molecule has 38 heavy (non-hydrogen) atoms. The van der Waals surface area contributed by atoms with Crippen LogP contribution in [0, 0.1) is 22.9 Å². The van der Waals surface area contributed by atoms with Crippen molar-refractivity contribution in [2.75, 3.05) is 13.2 Å². The topological polar surface area (TPSA) is 92.3 Å². The summed E-state index contributed by atoms with van der Waals surface area (Å²) in [5.74, 6) is 1.02. The van der Waals surface area contributed by atoms with Gasteiger partial charge in [-0.05, 0) is 77.8 Å². The SMILES string of the molecule is CCOc1cc([C@H](C[N+](=O)[O-])Sc2nnc(C)n2-c2ccc(Cl)cc2)cc(Br)c1OCc1ccccc1F. The Labute approximate surface area is 236 Å². The van der Waals surface area contributed by atoms with E-state index in [0.29, 0.717) is 49.7 Å². The van der Waals surface area contributed by atoms with Crippen molar-refractivity contribution in [1.29, 1.82) is 0 Å². The fourth-order valence-corrected chi connectivity index (χ4v) is 5.58. The molecule has 4 rings (SSSR count). The summed E-state index contributed by atoms with van der Waals surface area (Å²) in [4.78, 5) is 11.3. The van der Waals surface area contributed by atoms with Crippen molar-refractivity contribution in [3.05, 3.63) is 103 Å². The second kappa shape index (κ2) is 12.6. The summed E-state index contributed by atoms with van der Waals surface area (Å²) in [7, 11) is 0. The molecule has 1 aromatic heterocycles. The number of benzene rings is 3. The van der Waals surface area contributed by atoms with Gasteiger partial charge in [0, 0.05) is 21.2 Å². The minimum absolute atomic E-state index is 0.0127.